The third-order valence-electron chi connectivity index (χ3n) is 8.19. The molecule has 0 atom stereocenters. The van der Waals surface area contributed by atoms with Gasteiger partial charge in [-0.3, -0.25) is 4.79 Å². The first kappa shape index (κ1) is 23.0. The van der Waals surface area contributed by atoms with E-state index in [0.29, 0.717) is 6.61 Å². The van der Waals surface area contributed by atoms with Gasteiger partial charge >= 0.3 is 0 Å². The Hall–Kier alpha value is -3.38. The standard InChI is InChI=1S/C30H33N3O3/c1-5-26(35)33-17-30(18-33)10-11-32(16-30)28-19(2)27(24-15-36-29(3,4)14-25(24)31-28)23-13-21(34)12-20-8-6-7-9-22(20)23/h5-9,12-13,34H,1,10-11,14-18H2,2-4H3. The van der Waals surface area contributed by atoms with Gasteiger partial charge < -0.3 is 19.6 Å². The number of nitrogens with zero attached hydrogens (tertiary/aromatic N) is 3. The number of fused-ring (bicyclic) bond motifs is 2. The number of anilines is 1. The van der Waals surface area contributed by atoms with E-state index in [1.165, 1.54) is 6.08 Å². The molecule has 2 aromatic carbocycles. The van der Waals surface area contributed by atoms with E-state index in [1.54, 1.807) is 0 Å². The van der Waals surface area contributed by atoms with Crippen molar-refractivity contribution in [3.63, 3.8) is 0 Å². The van der Waals surface area contributed by atoms with Crippen LogP contribution in [0, 0.1) is 12.3 Å². The fourth-order valence-electron chi connectivity index (χ4n) is 6.38. The highest BCUT2D eigenvalue weighted by Crippen LogP contribution is 2.46. The molecule has 0 bridgehead atoms. The van der Waals surface area contributed by atoms with Crippen LogP contribution in [-0.4, -0.2) is 52.7 Å². The van der Waals surface area contributed by atoms with Crippen molar-refractivity contribution in [2.75, 3.05) is 31.1 Å². The smallest absolute Gasteiger partial charge is 0.245 e. The molecule has 0 aliphatic carbocycles. The maximum absolute atomic E-state index is 12.0. The number of aromatic hydroxyl groups is 1. The fourth-order valence-corrected chi connectivity index (χ4v) is 6.38. The van der Waals surface area contributed by atoms with Gasteiger partial charge in [-0.15, -0.1) is 0 Å². The maximum Gasteiger partial charge on any atom is 0.245 e. The summed E-state index contributed by atoms with van der Waals surface area (Å²) in [5.74, 6) is 1.29. The van der Waals surface area contributed by atoms with E-state index < -0.39 is 0 Å². The summed E-state index contributed by atoms with van der Waals surface area (Å²) in [7, 11) is 0. The van der Waals surface area contributed by atoms with Gasteiger partial charge in [0.25, 0.3) is 0 Å². The number of carbonyl (C=O) groups excluding carboxylic acids is 1. The zero-order valence-electron chi connectivity index (χ0n) is 21.3. The largest absolute Gasteiger partial charge is 0.508 e. The molecule has 6 nitrogen and oxygen atoms in total. The first-order valence-electron chi connectivity index (χ1n) is 12.7. The molecule has 0 unspecified atom stereocenters. The number of ether oxygens (including phenoxy) is 1. The molecule has 186 valence electrons. The van der Waals surface area contributed by atoms with Crippen molar-refractivity contribution in [3.05, 3.63) is 65.9 Å². The molecule has 1 spiro atoms. The van der Waals surface area contributed by atoms with Gasteiger partial charge in [0.05, 0.1) is 17.9 Å². The molecular weight excluding hydrogens is 450 g/mol. The van der Waals surface area contributed by atoms with Gasteiger partial charge in [0.1, 0.15) is 11.6 Å². The summed E-state index contributed by atoms with van der Waals surface area (Å²) in [5, 5.41) is 12.8. The van der Waals surface area contributed by atoms with Gasteiger partial charge in [-0.2, -0.15) is 0 Å². The SMILES string of the molecule is C=CC(=O)N1CC2(CCN(c3nc4c(c(-c5cc(O)cc6ccccc56)c3C)COC(C)(C)C4)C2)C1. The number of rotatable bonds is 3. The van der Waals surface area contributed by atoms with E-state index in [4.69, 9.17) is 9.72 Å². The number of benzene rings is 2. The van der Waals surface area contributed by atoms with Gasteiger partial charge in [-0.05, 0) is 72.9 Å². The lowest BCUT2D eigenvalue weighted by molar-refractivity contribution is -0.136. The summed E-state index contributed by atoms with van der Waals surface area (Å²) in [5.41, 5.74) is 5.30. The van der Waals surface area contributed by atoms with Crippen LogP contribution in [-0.2, 0) is 22.6 Å². The Morgan fingerprint density at radius 1 is 1.19 bits per heavy atom. The molecular formula is C30H33N3O3. The van der Waals surface area contributed by atoms with E-state index in [-0.39, 0.29) is 22.7 Å². The minimum absolute atomic E-state index is 0.0162. The molecule has 4 heterocycles. The predicted octanol–water partition coefficient (Wildman–Crippen LogP) is 4.99. The van der Waals surface area contributed by atoms with Crippen LogP contribution in [0.15, 0.2) is 49.1 Å². The van der Waals surface area contributed by atoms with E-state index in [1.807, 2.05) is 35.2 Å². The molecule has 36 heavy (non-hydrogen) atoms. The third kappa shape index (κ3) is 3.66. The van der Waals surface area contributed by atoms with Crippen LogP contribution in [0.5, 0.6) is 5.75 Å². The number of pyridine rings is 1. The zero-order valence-corrected chi connectivity index (χ0v) is 21.3. The van der Waals surface area contributed by atoms with Crippen molar-refractivity contribution >= 4 is 22.5 Å². The monoisotopic (exact) mass is 483 g/mol. The second kappa shape index (κ2) is 8.07. The van der Waals surface area contributed by atoms with Crippen LogP contribution < -0.4 is 4.90 Å². The molecule has 6 rings (SSSR count). The summed E-state index contributed by atoms with van der Waals surface area (Å²) in [6.07, 6.45) is 3.19. The second-order valence-electron chi connectivity index (χ2n) is 11.4. The molecule has 3 aliphatic heterocycles. The molecule has 3 aromatic rings. The van der Waals surface area contributed by atoms with E-state index >= 15 is 0 Å². The highest BCUT2D eigenvalue weighted by atomic mass is 16.5. The highest BCUT2D eigenvalue weighted by molar-refractivity contribution is 6.00. The molecule has 1 N–H and O–H groups in total. The Morgan fingerprint density at radius 3 is 2.75 bits per heavy atom. The van der Waals surface area contributed by atoms with Crippen molar-refractivity contribution in [1.82, 2.24) is 9.88 Å². The summed E-state index contributed by atoms with van der Waals surface area (Å²) >= 11 is 0. The van der Waals surface area contributed by atoms with Crippen molar-refractivity contribution in [2.45, 2.75) is 45.8 Å². The van der Waals surface area contributed by atoms with E-state index in [0.717, 1.165) is 83.6 Å². The van der Waals surface area contributed by atoms with E-state index in [2.05, 4.69) is 38.3 Å². The molecule has 1 amide bonds. The summed E-state index contributed by atoms with van der Waals surface area (Å²) in [6.45, 7) is 13.9. The molecule has 2 saturated heterocycles. The Labute approximate surface area is 212 Å². The molecule has 0 radical (unpaired) electrons. The average molecular weight is 484 g/mol. The number of phenolic OH excluding ortho intramolecular Hbond substituents is 1. The quantitative estimate of drug-likeness (QED) is 0.532. The number of aromatic nitrogens is 1. The van der Waals surface area contributed by atoms with Crippen LogP contribution in [0.4, 0.5) is 5.82 Å². The predicted molar refractivity (Wildman–Crippen MR) is 142 cm³/mol. The van der Waals surface area contributed by atoms with Crippen LogP contribution in [0.25, 0.3) is 21.9 Å². The summed E-state index contributed by atoms with van der Waals surface area (Å²) in [4.78, 5) is 21.6. The van der Waals surface area contributed by atoms with Crippen molar-refractivity contribution in [2.24, 2.45) is 5.41 Å². The fraction of sp³-hybridized carbons (Fsp3) is 0.400. The van der Waals surface area contributed by atoms with Crippen LogP contribution in [0.2, 0.25) is 0 Å². The number of hydrogen-bond acceptors (Lipinski definition) is 5. The minimum Gasteiger partial charge on any atom is -0.508 e. The number of amides is 1. The molecule has 3 aliphatic rings. The Morgan fingerprint density at radius 2 is 1.97 bits per heavy atom. The first-order valence-corrected chi connectivity index (χ1v) is 12.7. The van der Waals surface area contributed by atoms with Crippen LogP contribution in [0.3, 0.4) is 0 Å². The van der Waals surface area contributed by atoms with Crippen LogP contribution in [0.1, 0.15) is 37.1 Å². The second-order valence-corrected chi connectivity index (χ2v) is 11.4. The maximum atomic E-state index is 12.0. The summed E-state index contributed by atoms with van der Waals surface area (Å²) < 4.78 is 6.26. The van der Waals surface area contributed by atoms with Gasteiger partial charge in [0.15, 0.2) is 0 Å². The Balaban J connectivity index is 1.47. The number of carbonyl (C=O) groups is 1. The van der Waals surface area contributed by atoms with Crippen molar-refractivity contribution in [1.29, 1.82) is 0 Å². The minimum atomic E-state index is -0.281. The molecule has 1 aromatic heterocycles. The van der Waals surface area contributed by atoms with Gasteiger partial charge in [-0.25, -0.2) is 4.98 Å². The van der Waals surface area contributed by atoms with E-state index in [9.17, 15) is 9.90 Å². The topological polar surface area (TPSA) is 65.9 Å². The number of phenols is 1. The molecule has 2 fully saturated rings. The van der Waals surface area contributed by atoms with Gasteiger partial charge in [0, 0.05) is 43.6 Å². The van der Waals surface area contributed by atoms with Gasteiger partial charge in [-0.1, -0.05) is 30.8 Å². The normalized spacial score (nSPS) is 19.9. The number of hydrogen-bond donors (Lipinski definition) is 1. The zero-order chi connectivity index (χ0) is 25.2. The third-order valence-corrected chi connectivity index (χ3v) is 8.19. The lowest BCUT2D eigenvalue weighted by Crippen LogP contribution is -2.59. The Bertz CT molecular complexity index is 1400. The van der Waals surface area contributed by atoms with Gasteiger partial charge in [0.2, 0.25) is 5.91 Å². The highest BCUT2D eigenvalue weighted by Gasteiger charge is 2.49. The molecule has 0 saturated carbocycles. The molecule has 6 heteroatoms. The lowest BCUT2D eigenvalue weighted by Gasteiger charge is -2.47. The summed E-state index contributed by atoms with van der Waals surface area (Å²) in [6, 6.07) is 11.9. The van der Waals surface area contributed by atoms with Crippen molar-refractivity contribution in [3.8, 4) is 16.9 Å². The average Bonchev–Trinajstić information content (AvgIpc) is 3.27. The first-order chi connectivity index (χ1) is 17.2. The van der Waals surface area contributed by atoms with Crippen molar-refractivity contribution < 1.29 is 14.6 Å². The number of likely N-dealkylation sites (tertiary alicyclic amines) is 1. The lowest BCUT2D eigenvalue weighted by atomic mass is 9.79. The Kier molecular flexibility index (Phi) is 5.16. The van der Waals surface area contributed by atoms with Crippen LogP contribution >= 0.6 is 0 Å².